The second-order valence-electron chi connectivity index (χ2n) is 4.92. The maximum atomic E-state index is 11.8. The molecule has 3 nitrogen and oxygen atoms in total. The lowest BCUT2D eigenvalue weighted by Crippen LogP contribution is -2.30. The van der Waals surface area contributed by atoms with Crippen molar-refractivity contribution in [2.24, 2.45) is 0 Å². The van der Waals surface area contributed by atoms with E-state index < -0.39 is 18.7 Å². The monoisotopic (exact) mass is 287 g/mol. The molecule has 0 fully saturated rings. The fourth-order valence-corrected chi connectivity index (χ4v) is 2.32. The summed E-state index contributed by atoms with van der Waals surface area (Å²) < 4.78 is 35.5. The van der Waals surface area contributed by atoms with Crippen LogP contribution in [0.3, 0.4) is 0 Å². The Kier molecular flexibility index (Phi) is 4.65. The van der Waals surface area contributed by atoms with Gasteiger partial charge in [-0.3, -0.25) is 9.63 Å². The van der Waals surface area contributed by atoms with Gasteiger partial charge < -0.3 is 0 Å². The number of nitrogens with one attached hydrogen (secondary N) is 1. The maximum Gasteiger partial charge on any atom is 0.414 e. The fraction of sp³-hybridized carbons (Fsp3) is 0.500. The lowest BCUT2D eigenvalue weighted by atomic mass is 9.90. The summed E-state index contributed by atoms with van der Waals surface area (Å²) in [6, 6.07) is 5.79. The van der Waals surface area contributed by atoms with Gasteiger partial charge in [0.05, 0.1) is 6.42 Å². The summed E-state index contributed by atoms with van der Waals surface area (Å²) in [5, 5.41) is 0. The molecule has 20 heavy (non-hydrogen) atoms. The average Bonchev–Trinajstić information content (AvgIpc) is 2.37. The molecule has 0 atom stereocenters. The van der Waals surface area contributed by atoms with Gasteiger partial charge in [-0.2, -0.15) is 13.2 Å². The molecule has 1 aliphatic carbocycles. The van der Waals surface area contributed by atoms with Gasteiger partial charge in [0.1, 0.15) is 0 Å². The van der Waals surface area contributed by atoms with E-state index in [1.54, 1.807) is 0 Å². The molecule has 0 saturated carbocycles. The van der Waals surface area contributed by atoms with Crippen LogP contribution in [-0.4, -0.2) is 18.7 Å². The van der Waals surface area contributed by atoms with E-state index in [1.807, 2.05) is 23.7 Å². The first-order valence-corrected chi connectivity index (χ1v) is 6.52. The molecule has 0 bridgehead atoms. The quantitative estimate of drug-likeness (QED) is 0.865. The number of rotatable bonds is 4. The summed E-state index contributed by atoms with van der Waals surface area (Å²) in [7, 11) is 0. The van der Waals surface area contributed by atoms with E-state index in [-0.39, 0.29) is 6.42 Å². The Morgan fingerprint density at radius 1 is 1.20 bits per heavy atom. The molecule has 0 radical (unpaired) electrons. The van der Waals surface area contributed by atoms with Crippen molar-refractivity contribution in [1.82, 2.24) is 5.48 Å². The lowest BCUT2D eigenvalue weighted by Gasteiger charge is -2.16. The molecule has 0 heterocycles. The Balaban J connectivity index is 1.85. The molecular weight excluding hydrogens is 271 g/mol. The molecule has 1 amide bonds. The highest BCUT2D eigenvalue weighted by atomic mass is 19.4. The fourth-order valence-electron chi connectivity index (χ4n) is 2.32. The zero-order valence-electron chi connectivity index (χ0n) is 10.9. The van der Waals surface area contributed by atoms with Gasteiger partial charge in [-0.05, 0) is 42.4 Å². The van der Waals surface area contributed by atoms with Crippen molar-refractivity contribution in [3.05, 3.63) is 34.9 Å². The van der Waals surface area contributed by atoms with Gasteiger partial charge >= 0.3 is 6.18 Å². The molecule has 1 N–H and O–H groups in total. The molecule has 0 unspecified atom stereocenters. The second-order valence-corrected chi connectivity index (χ2v) is 4.92. The smallest absolute Gasteiger partial charge is 0.272 e. The minimum Gasteiger partial charge on any atom is -0.272 e. The van der Waals surface area contributed by atoms with Crippen LogP contribution in [0.5, 0.6) is 0 Å². The maximum absolute atomic E-state index is 11.8. The van der Waals surface area contributed by atoms with Crippen LogP contribution in [0.25, 0.3) is 0 Å². The molecule has 0 aliphatic heterocycles. The summed E-state index contributed by atoms with van der Waals surface area (Å²) >= 11 is 0. The highest BCUT2D eigenvalue weighted by Crippen LogP contribution is 2.22. The van der Waals surface area contributed by atoms with E-state index in [4.69, 9.17) is 0 Å². The topological polar surface area (TPSA) is 38.3 Å². The van der Waals surface area contributed by atoms with Gasteiger partial charge in [-0.1, -0.05) is 18.2 Å². The van der Waals surface area contributed by atoms with Crippen LogP contribution in [0, 0.1) is 0 Å². The van der Waals surface area contributed by atoms with Crippen molar-refractivity contribution < 1.29 is 22.8 Å². The summed E-state index contributed by atoms with van der Waals surface area (Å²) in [5.41, 5.74) is 5.13. The van der Waals surface area contributed by atoms with E-state index in [0.717, 1.165) is 24.8 Å². The van der Waals surface area contributed by atoms with Crippen molar-refractivity contribution in [2.45, 2.75) is 38.3 Å². The molecule has 1 aliphatic rings. The molecule has 0 spiro atoms. The second kappa shape index (κ2) is 6.26. The van der Waals surface area contributed by atoms with Crippen LogP contribution < -0.4 is 5.48 Å². The Bertz CT molecular complexity index is 486. The van der Waals surface area contributed by atoms with Gasteiger partial charge in [-0.25, -0.2) is 5.48 Å². The molecule has 1 aromatic carbocycles. The summed E-state index contributed by atoms with van der Waals surface area (Å²) in [6.45, 7) is -1.48. The Morgan fingerprint density at radius 2 is 1.90 bits per heavy atom. The predicted octanol–water partition coefficient (Wildman–Crippen LogP) is 2.72. The Labute approximate surface area is 115 Å². The highest BCUT2D eigenvalue weighted by molar-refractivity contribution is 5.77. The van der Waals surface area contributed by atoms with Crippen LogP contribution in [-0.2, 0) is 28.9 Å². The first-order valence-electron chi connectivity index (χ1n) is 6.52. The van der Waals surface area contributed by atoms with E-state index in [9.17, 15) is 18.0 Å². The van der Waals surface area contributed by atoms with E-state index in [0.29, 0.717) is 0 Å². The summed E-state index contributed by atoms with van der Waals surface area (Å²) in [6.07, 6.45) is -0.0639. The summed E-state index contributed by atoms with van der Waals surface area (Å²) in [4.78, 5) is 15.6. The van der Waals surface area contributed by atoms with Crippen molar-refractivity contribution in [2.75, 3.05) is 6.61 Å². The lowest BCUT2D eigenvalue weighted by molar-refractivity contribution is -0.191. The molecule has 0 aromatic heterocycles. The number of benzene rings is 1. The third-order valence-electron chi connectivity index (χ3n) is 3.20. The van der Waals surface area contributed by atoms with Crippen molar-refractivity contribution in [3.63, 3.8) is 0 Å². The number of hydrogen-bond acceptors (Lipinski definition) is 2. The molecule has 2 rings (SSSR count). The van der Waals surface area contributed by atoms with Crippen molar-refractivity contribution in [3.8, 4) is 0 Å². The SMILES string of the molecule is O=C(Cc1ccc2c(c1)CCCC2)NOCC(F)(F)F. The van der Waals surface area contributed by atoms with Crippen LogP contribution in [0.15, 0.2) is 18.2 Å². The molecule has 6 heteroatoms. The van der Waals surface area contributed by atoms with Crippen molar-refractivity contribution >= 4 is 5.91 Å². The standard InChI is InChI=1S/C14H16F3NO2/c15-14(16,17)9-20-18-13(19)8-10-5-6-11-3-1-2-4-12(11)7-10/h5-7H,1-4,8-9H2,(H,18,19). The minimum atomic E-state index is -4.45. The number of carbonyl (C=O) groups is 1. The van der Waals surface area contributed by atoms with Gasteiger partial charge in [0.25, 0.3) is 0 Å². The number of halogens is 3. The van der Waals surface area contributed by atoms with Gasteiger partial charge in [0, 0.05) is 0 Å². The number of fused-ring (bicyclic) bond motifs is 1. The predicted molar refractivity (Wildman–Crippen MR) is 66.9 cm³/mol. The highest BCUT2D eigenvalue weighted by Gasteiger charge is 2.28. The zero-order valence-corrected chi connectivity index (χ0v) is 10.9. The normalized spacial score (nSPS) is 14.8. The van der Waals surface area contributed by atoms with E-state index in [2.05, 4.69) is 4.84 Å². The summed E-state index contributed by atoms with van der Waals surface area (Å²) in [5.74, 6) is -0.579. The number of aryl methyl sites for hydroxylation is 2. The zero-order chi connectivity index (χ0) is 14.6. The number of amides is 1. The third kappa shape index (κ3) is 4.52. The Morgan fingerprint density at radius 3 is 2.60 bits per heavy atom. The van der Waals surface area contributed by atoms with Gasteiger partial charge in [0.15, 0.2) is 6.61 Å². The first-order chi connectivity index (χ1) is 9.44. The Hall–Kier alpha value is -1.56. The molecule has 110 valence electrons. The van der Waals surface area contributed by atoms with Crippen LogP contribution in [0.4, 0.5) is 13.2 Å². The third-order valence-corrected chi connectivity index (χ3v) is 3.20. The van der Waals surface area contributed by atoms with E-state index in [1.165, 1.54) is 17.5 Å². The van der Waals surface area contributed by atoms with E-state index >= 15 is 0 Å². The first kappa shape index (κ1) is 14.8. The van der Waals surface area contributed by atoms with Gasteiger partial charge in [-0.15, -0.1) is 0 Å². The minimum absolute atomic E-state index is 0.0190. The molecule has 0 saturated heterocycles. The number of alkyl halides is 3. The van der Waals surface area contributed by atoms with Crippen LogP contribution in [0.2, 0.25) is 0 Å². The number of carbonyl (C=O) groups excluding carboxylic acids is 1. The van der Waals surface area contributed by atoms with Crippen LogP contribution in [0.1, 0.15) is 29.5 Å². The van der Waals surface area contributed by atoms with Gasteiger partial charge in [0.2, 0.25) is 5.91 Å². The van der Waals surface area contributed by atoms with Crippen LogP contribution >= 0.6 is 0 Å². The van der Waals surface area contributed by atoms with Crippen molar-refractivity contribution in [1.29, 1.82) is 0 Å². The molecular formula is C14H16F3NO2. The number of hydroxylamine groups is 1. The number of hydrogen-bond donors (Lipinski definition) is 1. The molecule has 1 aromatic rings. The largest absolute Gasteiger partial charge is 0.414 e. The average molecular weight is 287 g/mol.